The maximum absolute atomic E-state index is 11.2. The van der Waals surface area contributed by atoms with Gasteiger partial charge in [0.05, 0.1) is 28.8 Å². The van der Waals surface area contributed by atoms with Gasteiger partial charge in [-0.15, -0.1) is 0 Å². The van der Waals surface area contributed by atoms with Gasteiger partial charge in [-0.1, -0.05) is 39.8 Å². The minimum absolute atomic E-state index is 0.00138. The summed E-state index contributed by atoms with van der Waals surface area (Å²) < 4.78 is 2.26. The van der Waals surface area contributed by atoms with Gasteiger partial charge in [-0.25, -0.2) is 9.78 Å². The zero-order chi connectivity index (χ0) is 22.6. The summed E-state index contributed by atoms with van der Waals surface area (Å²) in [5.74, 6) is -0.915. The highest BCUT2D eigenvalue weighted by Gasteiger charge is 2.39. The predicted octanol–water partition coefficient (Wildman–Crippen LogP) is 6.24. The molecule has 1 aliphatic carbocycles. The van der Waals surface area contributed by atoms with Gasteiger partial charge in [0, 0.05) is 22.6 Å². The van der Waals surface area contributed by atoms with Crippen molar-refractivity contribution in [2.24, 2.45) is 0 Å². The molecule has 31 heavy (non-hydrogen) atoms. The molecule has 1 aromatic carbocycles. The van der Waals surface area contributed by atoms with Crippen LogP contribution in [0.1, 0.15) is 82.2 Å². The van der Waals surface area contributed by atoms with E-state index in [-0.39, 0.29) is 22.4 Å². The van der Waals surface area contributed by atoms with E-state index in [0.717, 1.165) is 46.9 Å². The first-order chi connectivity index (χ1) is 14.5. The fraction of sp³-hybridized carbons (Fsp3) is 0.423. The molecule has 0 bridgehead atoms. The lowest BCUT2D eigenvalue weighted by Gasteiger charge is -2.39. The summed E-state index contributed by atoms with van der Waals surface area (Å²) in [5, 5.41) is 9.20. The van der Waals surface area contributed by atoms with Crippen molar-refractivity contribution in [3.63, 3.8) is 0 Å². The van der Waals surface area contributed by atoms with Crippen molar-refractivity contribution in [1.29, 1.82) is 0 Å². The number of rotatable bonds is 4. The van der Waals surface area contributed by atoms with Gasteiger partial charge < -0.3 is 9.67 Å². The Hall–Kier alpha value is -2.95. The standard InChI is InChI=1S/C26H31N3O2/c1-16(2)29-20(17-7-9-18(10-8-17)24(30)31)11-12-21(29)19-15-27-22-23(28-19)26(5,6)14-13-25(22,3)4/h7-12,15-16H,13-14H2,1-6H3,(H,30,31). The molecule has 1 aliphatic rings. The molecule has 0 saturated heterocycles. The molecule has 3 aromatic rings. The van der Waals surface area contributed by atoms with E-state index >= 15 is 0 Å². The number of hydrogen-bond donors (Lipinski definition) is 1. The zero-order valence-corrected chi connectivity index (χ0v) is 19.2. The Labute approximate surface area is 184 Å². The third-order valence-corrected chi connectivity index (χ3v) is 6.55. The largest absolute Gasteiger partial charge is 0.478 e. The number of fused-ring (bicyclic) bond motifs is 1. The summed E-state index contributed by atoms with van der Waals surface area (Å²) in [4.78, 5) is 21.3. The molecule has 2 heterocycles. The third kappa shape index (κ3) is 3.67. The van der Waals surface area contributed by atoms with E-state index < -0.39 is 5.97 Å². The number of aromatic carboxylic acids is 1. The Bertz CT molecular complexity index is 1140. The zero-order valence-electron chi connectivity index (χ0n) is 19.2. The van der Waals surface area contributed by atoms with Gasteiger partial charge in [0.15, 0.2) is 0 Å². The van der Waals surface area contributed by atoms with Crippen LogP contribution in [0.4, 0.5) is 0 Å². The number of hydrogen-bond acceptors (Lipinski definition) is 3. The van der Waals surface area contributed by atoms with E-state index in [4.69, 9.17) is 9.97 Å². The molecule has 0 radical (unpaired) electrons. The van der Waals surface area contributed by atoms with Gasteiger partial charge in [-0.05, 0) is 56.5 Å². The molecule has 0 atom stereocenters. The van der Waals surface area contributed by atoms with Gasteiger partial charge in [-0.3, -0.25) is 4.98 Å². The molecule has 0 aliphatic heterocycles. The number of carboxylic acid groups (broad SMARTS) is 1. The van der Waals surface area contributed by atoms with E-state index in [0.29, 0.717) is 0 Å². The van der Waals surface area contributed by atoms with Crippen molar-refractivity contribution >= 4 is 5.97 Å². The van der Waals surface area contributed by atoms with Crippen LogP contribution in [0, 0.1) is 0 Å². The number of nitrogens with zero attached hydrogens (tertiary/aromatic N) is 3. The lowest BCUT2D eigenvalue weighted by molar-refractivity contribution is 0.0697. The van der Waals surface area contributed by atoms with Crippen LogP contribution in [-0.2, 0) is 10.8 Å². The van der Waals surface area contributed by atoms with Gasteiger partial charge in [0.2, 0.25) is 0 Å². The molecule has 0 saturated carbocycles. The lowest BCUT2D eigenvalue weighted by Crippen LogP contribution is -2.36. The molecular formula is C26H31N3O2. The van der Waals surface area contributed by atoms with Crippen LogP contribution in [0.5, 0.6) is 0 Å². The highest BCUT2D eigenvalue weighted by Crippen LogP contribution is 2.44. The SMILES string of the molecule is CC(C)n1c(-c2ccc(C(=O)O)cc2)ccc1-c1cnc2c(n1)C(C)(C)CCC2(C)C. The van der Waals surface area contributed by atoms with Gasteiger partial charge in [-0.2, -0.15) is 0 Å². The molecule has 162 valence electrons. The number of carbonyl (C=O) groups is 1. The van der Waals surface area contributed by atoms with E-state index in [9.17, 15) is 9.90 Å². The van der Waals surface area contributed by atoms with Crippen molar-refractivity contribution in [3.05, 3.63) is 59.5 Å². The van der Waals surface area contributed by atoms with E-state index in [1.807, 2.05) is 18.3 Å². The molecule has 4 rings (SSSR count). The number of aromatic nitrogens is 3. The highest BCUT2D eigenvalue weighted by molar-refractivity contribution is 5.88. The van der Waals surface area contributed by atoms with Crippen molar-refractivity contribution in [2.45, 2.75) is 71.3 Å². The second kappa shape index (κ2) is 7.33. The topological polar surface area (TPSA) is 68.0 Å². The van der Waals surface area contributed by atoms with Crippen molar-refractivity contribution in [2.75, 3.05) is 0 Å². The van der Waals surface area contributed by atoms with Gasteiger partial charge >= 0.3 is 5.97 Å². The first kappa shape index (κ1) is 21.3. The fourth-order valence-corrected chi connectivity index (χ4v) is 4.57. The predicted molar refractivity (Wildman–Crippen MR) is 124 cm³/mol. The van der Waals surface area contributed by atoms with Crippen molar-refractivity contribution in [1.82, 2.24) is 14.5 Å². The Balaban J connectivity index is 1.84. The van der Waals surface area contributed by atoms with E-state index in [1.165, 1.54) is 0 Å². The Kier molecular flexibility index (Phi) is 5.03. The average molecular weight is 418 g/mol. The van der Waals surface area contributed by atoms with Crippen LogP contribution in [0.25, 0.3) is 22.6 Å². The van der Waals surface area contributed by atoms with Crippen LogP contribution in [0.15, 0.2) is 42.6 Å². The Morgan fingerprint density at radius 2 is 1.52 bits per heavy atom. The number of benzene rings is 1. The molecular weight excluding hydrogens is 386 g/mol. The first-order valence-corrected chi connectivity index (χ1v) is 10.9. The molecule has 0 amide bonds. The Morgan fingerprint density at radius 3 is 2.10 bits per heavy atom. The lowest BCUT2D eigenvalue weighted by atomic mass is 9.67. The maximum Gasteiger partial charge on any atom is 0.335 e. The second-order valence-electron chi connectivity index (χ2n) is 10.2. The van der Waals surface area contributed by atoms with E-state index in [1.54, 1.807) is 12.1 Å². The molecule has 0 unspecified atom stereocenters. The quantitative estimate of drug-likeness (QED) is 0.545. The molecule has 0 spiro atoms. The van der Waals surface area contributed by atoms with Crippen LogP contribution in [-0.4, -0.2) is 25.6 Å². The van der Waals surface area contributed by atoms with E-state index in [2.05, 4.69) is 58.2 Å². The number of carboxylic acids is 1. The second-order valence-corrected chi connectivity index (χ2v) is 10.2. The third-order valence-electron chi connectivity index (χ3n) is 6.55. The van der Waals surface area contributed by atoms with Crippen LogP contribution >= 0.6 is 0 Å². The summed E-state index contributed by atoms with van der Waals surface area (Å²) in [6.45, 7) is 13.3. The summed E-state index contributed by atoms with van der Waals surface area (Å²) in [6.07, 6.45) is 4.12. The smallest absolute Gasteiger partial charge is 0.335 e. The van der Waals surface area contributed by atoms with Gasteiger partial charge in [0.1, 0.15) is 5.69 Å². The minimum Gasteiger partial charge on any atom is -0.478 e. The minimum atomic E-state index is -0.915. The maximum atomic E-state index is 11.2. The average Bonchev–Trinajstić information content (AvgIpc) is 3.17. The summed E-state index contributed by atoms with van der Waals surface area (Å²) in [6, 6.07) is 11.4. The first-order valence-electron chi connectivity index (χ1n) is 10.9. The summed E-state index contributed by atoms with van der Waals surface area (Å²) in [7, 11) is 0. The Morgan fingerprint density at radius 1 is 0.935 bits per heavy atom. The normalized spacial score (nSPS) is 16.9. The van der Waals surface area contributed by atoms with Gasteiger partial charge in [0.25, 0.3) is 0 Å². The summed E-state index contributed by atoms with van der Waals surface area (Å²) >= 11 is 0. The van der Waals surface area contributed by atoms with Crippen molar-refractivity contribution in [3.8, 4) is 22.6 Å². The van der Waals surface area contributed by atoms with Crippen LogP contribution in [0.2, 0.25) is 0 Å². The summed E-state index contributed by atoms with van der Waals surface area (Å²) in [5.41, 5.74) is 6.47. The molecule has 1 N–H and O–H groups in total. The highest BCUT2D eigenvalue weighted by atomic mass is 16.4. The monoisotopic (exact) mass is 417 g/mol. The molecule has 5 nitrogen and oxygen atoms in total. The molecule has 5 heteroatoms. The van der Waals surface area contributed by atoms with Crippen LogP contribution < -0.4 is 0 Å². The van der Waals surface area contributed by atoms with Crippen LogP contribution in [0.3, 0.4) is 0 Å². The molecule has 0 fully saturated rings. The fourth-order valence-electron chi connectivity index (χ4n) is 4.57. The molecule has 2 aromatic heterocycles. The van der Waals surface area contributed by atoms with Crippen molar-refractivity contribution < 1.29 is 9.90 Å².